The molecular formula is C21H30N3OS+. The monoisotopic (exact) mass is 372 g/mol. The van der Waals surface area contributed by atoms with Crippen LogP contribution < -0.4 is 4.90 Å². The smallest absolute Gasteiger partial charge is 0.141 e. The maximum Gasteiger partial charge on any atom is 0.141 e. The van der Waals surface area contributed by atoms with E-state index in [0.29, 0.717) is 11.2 Å². The van der Waals surface area contributed by atoms with Crippen LogP contribution in [-0.4, -0.2) is 35.8 Å². The molecule has 4 nitrogen and oxygen atoms in total. The molecule has 1 aliphatic heterocycles. The number of hydrogen-bond donors (Lipinski definition) is 1. The van der Waals surface area contributed by atoms with E-state index in [1.807, 2.05) is 0 Å². The summed E-state index contributed by atoms with van der Waals surface area (Å²) in [5.41, 5.74) is 4.60. The summed E-state index contributed by atoms with van der Waals surface area (Å²) in [7, 11) is 4.39. The highest BCUT2D eigenvalue weighted by molar-refractivity contribution is 7.71. The first-order valence-corrected chi connectivity index (χ1v) is 9.80. The fraction of sp³-hybridized carbons (Fsp3) is 0.524. The second-order valence-electron chi connectivity index (χ2n) is 8.22. The molecule has 1 aromatic carbocycles. The van der Waals surface area contributed by atoms with E-state index in [-0.39, 0.29) is 5.60 Å². The number of quaternary nitrogens is 1. The molecule has 0 aliphatic carbocycles. The van der Waals surface area contributed by atoms with Gasteiger partial charge in [0, 0.05) is 36.2 Å². The van der Waals surface area contributed by atoms with E-state index in [1.165, 1.54) is 16.2 Å². The molecule has 0 atom stereocenters. The van der Waals surface area contributed by atoms with Gasteiger partial charge in [0.25, 0.3) is 0 Å². The molecule has 1 N–H and O–H groups in total. The largest absolute Gasteiger partial charge is 0.370 e. The van der Waals surface area contributed by atoms with Crippen molar-refractivity contribution in [3.8, 4) is 11.4 Å². The zero-order chi connectivity index (χ0) is 18.9. The number of aromatic nitrogens is 2. The van der Waals surface area contributed by atoms with Gasteiger partial charge in [0.15, 0.2) is 0 Å². The van der Waals surface area contributed by atoms with Gasteiger partial charge in [-0.25, -0.2) is 4.98 Å². The van der Waals surface area contributed by atoms with Gasteiger partial charge in [-0.15, -0.1) is 0 Å². The average molecular weight is 373 g/mol. The molecule has 2 aromatic rings. The number of nitrogens with zero attached hydrogens (tertiary/aromatic N) is 2. The van der Waals surface area contributed by atoms with Crippen molar-refractivity contribution in [2.24, 2.45) is 0 Å². The molecule has 140 valence electrons. The Morgan fingerprint density at radius 1 is 1.23 bits per heavy atom. The van der Waals surface area contributed by atoms with Gasteiger partial charge in [-0.1, -0.05) is 42.0 Å². The fourth-order valence-electron chi connectivity index (χ4n) is 3.46. The topological polar surface area (TPSA) is 31.5 Å². The molecule has 1 aliphatic rings. The van der Waals surface area contributed by atoms with Crippen LogP contribution in [0.3, 0.4) is 0 Å². The van der Waals surface area contributed by atoms with E-state index in [2.05, 4.69) is 63.7 Å². The van der Waals surface area contributed by atoms with Crippen LogP contribution in [0.2, 0.25) is 0 Å². The van der Waals surface area contributed by atoms with Crippen LogP contribution in [0.25, 0.3) is 11.4 Å². The Bertz CT molecular complexity index is 838. The summed E-state index contributed by atoms with van der Waals surface area (Å²) >= 11 is 5.63. The van der Waals surface area contributed by atoms with E-state index in [1.54, 1.807) is 0 Å². The number of aryl methyl sites for hydroxylation is 1. The molecular weight excluding hydrogens is 342 g/mol. The van der Waals surface area contributed by atoms with Crippen molar-refractivity contribution in [3.63, 3.8) is 0 Å². The number of ether oxygens (including phenoxy) is 1. The van der Waals surface area contributed by atoms with Crippen molar-refractivity contribution in [1.29, 1.82) is 0 Å². The Hall–Kier alpha value is -1.56. The third kappa shape index (κ3) is 4.22. The molecule has 0 amide bonds. The van der Waals surface area contributed by atoms with Gasteiger partial charge in [0.1, 0.15) is 10.5 Å². The molecule has 0 unspecified atom stereocenters. The van der Waals surface area contributed by atoms with Crippen molar-refractivity contribution in [3.05, 3.63) is 45.7 Å². The second kappa shape index (κ2) is 7.59. The van der Waals surface area contributed by atoms with Gasteiger partial charge < -0.3 is 14.2 Å². The van der Waals surface area contributed by atoms with Gasteiger partial charge in [0.2, 0.25) is 0 Å². The van der Waals surface area contributed by atoms with E-state index in [9.17, 15) is 0 Å². The van der Waals surface area contributed by atoms with Gasteiger partial charge in [-0.3, -0.25) is 0 Å². The van der Waals surface area contributed by atoms with E-state index < -0.39 is 0 Å². The maximum atomic E-state index is 6.01. The fourth-order valence-corrected chi connectivity index (χ4v) is 3.72. The molecule has 0 fully saturated rings. The van der Waals surface area contributed by atoms with Crippen molar-refractivity contribution in [1.82, 2.24) is 9.55 Å². The molecule has 26 heavy (non-hydrogen) atoms. The third-order valence-electron chi connectivity index (χ3n) is 4.96. The van der Waals surface area contributed by atoms with Gasteiger partial charge >= 0.3 is 0 Å². The first kappa shape index (κ1) is 19.2. The summed E-state index contributed by atoms with van der Waals surface area (Å²) in [5, 5.41) is 0. The van der Waals surface area contributed by atoms with Gasteiger partial charge in [0.05, 0.1) is 32.8 Å². The molecule has 5 heteroatoms. The molecule has 0 spiro atoms. The number of benzene rings is 1. The van der Waals surface area contributed by atoms with Crippen LogP contribution in [-0.2, 0) is 24.3 Å². The lowest BCUT2D eigenvalue weighted by molar-refractivity contribution is -0.858. The third-order valence-corrected chi connectivity index (χ3v) is 5.30. The lowest BCUT2D eigenvalue weighted by Crippen LogP contribution is -3.05. The minimum atomic E-state index is -0.171. The average Bonchev–Trinajstić information content (AvgIpc) is 2.56. The molecule has 1 aromatic heterocycles. The Balaban J connectivity index is 2.11. The molecule has 0 radical (unpaired) electrons. The summed E-state index contributed by atoms with van der Waals surface area (Å²) in [6, 6.07) is 8.58. The Morgan fingerprint density at radius 2 is 1.92 bits per heavy atom. The molecule has 3 rings (SSSR count). The SMILES string of the molecule is Cc1ccc(-c2nc(=S)c3c(n2CCC[NH+](C)C)CC(C)(C)OC3)cc1. The first-order valence-electron chi connectivity index (χ1n) is 9.39. The van der Waals surface area contributed by atoms with Crippen LogP contribution in [0.15, 0.2) is 24.3 Å². The normalized spacial score (nSPS) is 15.9. The highest BCUT2D eigenvalue weighted by atomic mass is 32.1. The quantitative estimate of drug-likeness (QED) is 0.819. The summed E-state index contributed by atoms with van der Waals surface area (Å²) in [6.45, 7) is 9.05. The zero-order valence-corrected chi connectivity index (χ0v) is 17.4. The minimum absolute atomic E-state index is 0.171. The predicted octanol–water partition coefficient (Wildman–Crippen LogP) is 2.97. The first-order chi connectivity index (χ1) is 12.3. The standard InChI is InChI=1S/C21H29N3OS/c1-15-7-9-16(10-8-15)19-22-20(26)17-14-25-21(2,3)13-18(17)24(19)12-6-11-23(4)5/h7-10H,6,11-14H2,1-5H3/p+1. The predicted molar refractivity (Wildman–Crippen MR) is 108 cm³/mol. The van der Waals surface area contributed by atoms with Crippen LogP contribution in [0.5, 0.6) is 0 Å². The maximum absolute atomic E-state index is 6.01. The summed E-state index contributed by atoms with van der Waals surface area (Å²) < 4.78 is 9.08. The van der Waals surface area contributed by atoms with Crippen LogP contribution >= 0.6 is 12.2 Å². The van der Waals surface area contributed by atoms with E-state index in [0.717, 1.165) is 42.9 Å². The lowest BCUT2D eigenvalue weighted by atomic mass is 9.95. The number of rotatable bonds is 5. The molecule has 0 bridgehead atoms. The van der Waals surface area contributed by atoms with E-state index in [4.69, 9.17) is 21.9 Å². The highest BCUT2D eigenvalue weighted by Gasteiger charge is 2.30. The molecule has 2 heterocycles. The molecule has 0 saturated heterocycles. The Kier molecular flexibility index (Phi) is 5.61. The Labute approximate surface area is 161 Å². The number of hydrogen-bond acceptors (Lipinski definition) is 3. The summed E-state index contributed by atoms with van der Waals surface area (Å²) in [5.74, 6) is 0.986. The van der Waals surface area contributed by atoms with Crippen LogP contribution in [0.4, 0.5) is 0 Å². The van der Waals surface area contributed by atoms with E-state index >= 15 is 0 Å². The second-order valence-corrected chi connectivity index (χ2v) is 8.61. The number of fused-ring (bicyclic) bond motifs is 1. The Morgan fingerprint density at radius 3 is 2.58 bits per heavy atom. The van der Waals surface area contributed by atoms with Crippen molar-refractivity contribution in [2.75, 3.05) is 20.6 Å². The van der Waals surface area contributed by atoms with Crippen molar-refractivity contribution < 1.29 is 9.64 Å². The van der Waals surface area contributed by atoms with Crippen LogP contribution in [0, 0.1) is 11.6 Å². The van der Waals surface area contributed by atoms with Crippen molar-refractivity contribution >= 4 is 12.2 Å². The highest BCUT2D eigenvalue weighted by Crippen LogP contribution is 2.31. The molecule has 0 saturated carbocycles. The number of nitrogens with one attached hydrogen (secondary N) is 1. The van der Waals surface area contributed by atoms with Gasteiger partial charge in [-0.05, 0) is 20.8 Å². The minimum Gasteiger partial charge on any atom is -0.370 e. The summed E-state index contributed by atoms with van der Waals surface area (Å²) in [6.07, 6.45) is 1.97. The van der Waals surface area contributed by atoms with Crippen LogP contribution in [0.1, 0.15) is 37.1 Å². The summed E-state index contributed by atoms with van der Waals surface area (Å²) in [4.78, 5) is 6.29. The van der Waals surface area contributed by atoms with Crippen molar-refractivity contribution in [2.45, 2.75) is 52.4 Å². The van der Waals surface area contributed by atoms with Gasteiger partial charge in [-0.2, -0.15) is 0 Å². The zero-order valence-electron chi connectivity index (χ0n) is 16.6. The lowest BCUT2D eigenvalue weighted by Gasteiger charge is -2.34.